The molecule has 0 aliphatic carbocycles. The first-order chi connectivity index (χ1) is 14.0. The van der Waals surface area contributed by atoms with Crippen molar-refractivity contribution in [3.8, 4) is 0 Å². The molecule has 29 heavy (non-hydrogen) atoms. The molecule has 0 bridgehead atoms. The molecule has 1 N–H and O–H groups in total. The zero-order chi connectivity index (χ0) is 20.7. The van der Waals surface area contributed by atoms with E-state index in [1.54, 1.807) is 0 Å². The Balaban J connectivity index is 1.50. The number of nitrogens with one attached hydrogen (secondary N) is 1. The van der Waals surface area contributed by atoms with Crippen LogP contribution in [0.3, 0.4) is 0 Å². The van der Waals surface area contributed by atoms with Crippen LogP contribution in [0.4, 0.5) is 0 Å². The maximum atomic E-state index is 12.8. The Morgan fingerprint density at radius 2 is 1.76 bits per heavy atom. The van der Waals surface area contributed by atoms with Crippen molar-refractivity contribution < 1.29 is 27.5 Å². The third kappa shape index (κ3) is 6.01. The van der Waals surface area contributed by atoms with Crippen LogP contribution < -0.4 is 5.32 Å². The second kappa shape index (κ2) is 10.2. The van der Waals surface area contributed by atoms with Gasteiger partial charge in [0.2, 0.25) is 10.0 Å². The largest absolute Gasteiger partial charge is 0.452 e. The highest BCUT2D eigenvalue weighted by Gasteiger charge is 2.25. The highest BCUT2D eigenvalue weighted by Crippen LogP contribution is 2.21. The van der Waals surface area contributed by atoms with Crippen LogP contribution in [0, 0.1) is 0 Å². The van der Waals surface area contributed by atoms with E-state index < -0.39 is 21.9 Å². The number of ether oxygens (including phenoxy) is 2. The standard InChI is InChI=1S/C20H28N2O6S/c23-19(21-14-17-6-5-13-27-17)15-28-20(24)16-7-9-18(10-8-16)29(25,26)22-11-3-1-2-4-12-22/h7-10,17H,1-6,11-15H2,(H,21,23)/t17-/m0/s1. The molecule has 0 aromatic heterocycles. The number of carbonyl (C=O) groups is 2. The summed E-state index contributed by atoms with van der Waals surface area (Å²) in [6.07, 6.45) is 5.72. The van der Waals surface area contributed by atoms with Crippen molar-refractivity contribution in [3.63, 3.8) is 0 Å². The molecule has 1 amide bonds. The number of rotatable bonds is 7. The van der Waals surface area contributed by atoms with Crippen LogP contribution in [-0.4, -0.2) is 63.6 Å². The highest BCUT2D eigenvalue weighted by molar-refractivity contribution is 7.89. The van der Waals surface area contributed by atoms with Crippen molar-refractivity contribution >= 4 is 21.9 Å². The molecule has 2 saturated heterocycles. The SMILES string of the molecule is O=C(COC(=O)c1ccc(S(=O)(=O)N2CCCCCC2)cc1)NC[C@@H]1CCCO1. The van der Waals surface area contributed by atoms with E-state index in [2.05, 4.69) is 5.32 Å². The van der Waals surface area contributed by atoms with Gasteiger partial charge in [0.1, 0.15) is 0 Å². The van der Waals surface area contributed by atoms with E-state index >= 15 is 0 Å². The van der Waals surface area contributed by atoms with Gasteiger partial charge in [-0.25, -0.2) is 13.2 Å². The van der Waals surface area contributed by atoms with Gasteiger partial charge in [0, 0.05) is 26.2 Å². The van der Waals surface area contributed by atoms with Crippen LogP contribution in [0.25, 0.3) is 0 Å². The maximum absolute atomic E-state index is 12.8. The normalized spacial score (nSPS) is 20.8. The van der Waals surface area contributed by atoms with Gasteiger partial charge < -0.3 is 14.8 Å². The molecular formula is C20H28N2O6S. The first-order valence-electron chi connectivity index (χ1n) is 10.1. The lowest BCUT2D eigenvalue weighted by Gasteiger charge is -2.20. The van der Waals surface area contributed by atoms with Crippen molar-refractivity contribution in [2.45, 2.75) is 49.5 Å². The number of sulfonamides is 1. The molecule has 0 saturated carbocycles. The lowest BCUT2D eigenvalue weighted by atomic mass is 10.2. The molecule has 0 spiro atoms. The van der Waals surface area contributed by atoms with Gasteiger partial charge in [0.15, 0.2) is 6.61 Å². The number of carbonyl (C=O) groups excluding carboxylic acids is 2. The van der Waals surface area contributed by atoms with E-state index in [4.69, 9.17) is 9.47 Å². The van der Waals surface area contributed by atoms with E-state index in [0.29, 0.717) is 26.2 Å². The molecule has 2 aliphatic rings. The van der Waals surface area contributed by atoms with Crippen LogP contribution in [0.5, 0.6) is 0 Å². The van der Waals surface area contributed by atoms with Crippen molar-refractivity contribution in [2.24, 2.45) is 0 Å². The van der Waals surface area contributed by atoms with Crippen molar-refractivity contribution in [2.75, 3.05) is 32.8 Å². The van der Waals surface area contributed by atoms with Crippen LogP contribution in [0.15, 0.2) is 29.2 Å². The molecule has 1 aromatic rings. The van der Waals surface area contributed by atoms with E-state index in [-0.39, 0.29) is 23.2 Å². The summed E-state index contributed by atoms with van der Waals surface area (Å²) in [7, 11) is -3.56. The van der Waals surface area contributed by atoms with Gasteiger partial charge in [-0.1, -0.05) is 12.8 Å². The predicted octanol–water partition coefficient (Wildman–Crippen LogP) is 1.70. The number of hydrogen-bond acceptors (Lipinski definition) is 6. The van der Waals surface area contributed by atoms with Gasteiger partial charge >= 0.3 is 5.97 Å². The fourth-order valence-corrected chi connectivity index (χ4v) is 5.01. The minimum absolute atomic E-state index is 0.0216. The predicted molar refractivity (Wildman–Crippen MR) is 106 cm³/mol. The van der Waals surface area contributed by atoms with Gasteiger partial charge in [-0.05, 0) is 49.9 Å². The fraction of sp³-hybridized carbons (Fsp3) is 0.600. The summed E-state index contributed by atoms with van der Waals surface area (Å²) in [5, 5.41) is 2.68. The summed E-state index contributed by atoms with van der Waals surface area (Å²) in [6, 6.07) is 5.65. The van der Waals surface area contributed by atoms with E-state index in [9.17, 15) is 18.0 Å². The number of benzene rings is 1. The minimum atomic E-state index is -3.56. The monoisotopic (exact) mass is 424 g/mol. The Hall–Kier alpha value is -1.97. The Morgan fingerprint density at radius 3 is 2.38 bits per heavy atom. The molecule has 2 aliphatic heterocycles. The van der Waals surface area contributed by atoms with Gasteiger partial charge in [0.05, 0.1) is 16.6 Å². The maximum Gasteiger partial charge on any atom is 0.338 e. The van der Waals surface area contributed by atoms with Crippen LogP contribution in [0.1, 0.15) is 48.9 Å². The lowest BCUT2D eigenvalue weighted by Crippen LogP contribution is -2.34. The molecule has 9 heteroatoms. The number of nitrogens with zero attached hydrogens (tertiary/aromatic N) is 1. The first kappa shape index (κ1) is 21.7. The zero-order valence-corrected chi connectivity index (χ0v) is 17.3. The molecular weight excluding hydrogens is 396 g/mol. The zero-order valence-electron chi connectivity index (χ0n) is 16.5. The first-order valence-corrected chi connectivity index (χ1v) is 11.6. The summed E-state index contributed by atoms with van der Waals surface area (Å²) < 4.78 is 37.5. The summed E-state index contributed by atoms with van der Waals surface area (Å²) in [5.41, 5.74) is 0.201. The molecule has 8 nitrogen and oxygen atoms in total. The lowest BCUT2D eigenvalue weighted by molar-refractivity contribution is -0.124. The van der Waals surface area contributed by atoms with E-state index in [1.165, 1.54) is 28.6 Å². The second-order valence-corrected chi connectivity index (χ2v) is 9.30. The molecule has 0 radical (unpaired) electrons. The van der Waals surface area contributed by atoms with Crippen LogP contribution in [-0.2, 0) is 24.3 Å². The Labute approximate surface area is 171 Å². The molecule has 1 atom stereocenters. The van der Waals surface area contributed by atoms with Crippen LogP contribution in [0.2, 0.25) is 0 Å². The Bertz CT molecular complexity index is 795. The van der Waals surface area contributed by atoms with Gasteiger partial charge in [-0.15, -0.1) is 0 Å². The summed E-state index contributed by atoms with van der Waals surface area (Å²) in [5.74, 6) is -1.06. The minimum Gasteiger partial charge on any atom is -0.452 e. The smallest absolute Gasteiger partial charge is 0.338 e. The second-order valence-electron chi connectivity index (χ2n) is 7.36. The quantitative estimate of drug-likeness (QED) is 0.669. The van der Waals surface area contributed by atoms with Crippen molar-refractivity contribution in [1.82, 2.24) is 9.62 Å². The Morgan fingerprint density at radius 1 is 1.07 bits per heavy atom. The molecule has 0 unspecified atom stereocenters. The van der Waals surface area contributed by atoms with Gasteiger partial charge in [-0.3, -0.25) is 4.79 Å². The third-order valence-electron chi connectivity index (χ3n) is 5.18. The molecule has 2 fully saturated rings. The van der Waals surface area contributed by atoms with E-state index in [1.807, 2.05) is 0 Å². The topological polar surface area (TPSA) is 102 Å². The molecule has 1 aromatic carbocycles. The number of hydrogen-bond donors (Lipinski definition) is 1. The Kier molecular flexibility index (Phi) is 7.63. The van der Waals surface area contributed by atoms with Gasteiger partial charge in [0.25, 0.3) is 5.91 Å². The fourth-order valence-electron chi connectivity index (χ4n) is 3.49. The average Bonchev–Trinajstić information content (AvgIpc) is 3.09. The number of esters is 1. The van der Waals surface area contributed by atoms with Crippen molar-refractivity contribution in [1.29, 1.82) is 0 Å². The average molecular weight is 425 g/mol. The number of amides is 1. The van der Waals surface area contributed by atoms with Crippen LogP contribution >= 0.6 is 0 Å². The van der Waals surface area contributed by atoms with Crippen molar-refractivity contribution in [3.05, 3.63) is 29.8 Å². The molecule has 2 heterocycles. The summed E-state index contributed by atoms with van der Waals surface area (Å²) in [6.45, 7) is 1.76. The van der Waals surface area contributed by atoms with E-state index in [0.717, 1.165) is 38.5 Å². The summed E-state index contributed by atoms with van der Waals surface area (Å²) in [4.78, 5) is 24.1. The molecule has 160 valence electrons. The highest BCUT2D eigenvalue weighted by atomic mass is 32.2. The van der Waals surface area contributed by atoms with Gasteiger partial charge in [-0.2, -0.15) is 4.31 Å². The third-order valence-corrected chi connectivity index (χ3v) is 7.09. The molecule has 3 rings (SSSR count). The summed E-state index contributed by atoms with van der Waals surface area (Å²) >= 11 is 0.